The van der Waals surface area contributed by atoms with E-state index in [-0.39, 0.29) is 18.2 Å². The van der Waals surface area contributed by atoms with E-state index in [1.54, 1.807) is 17.9 Å². The molecular weight excluding hydrogens is 604 g/mol. The maximum Gasteiger partial charge on any atom is 0.341 e. The highest BCUT2D eigenvalue weighted by atomic mass is 35.5. The Morgan fingerprint density at radius 2 is 1.78 bits per heavy atom. The lowest BCUT2D eigenvalue weighted by molar-refractivity contribution is -0.384. The van der Waals surface area contributed by atoms with Gasteiger partial charge in [-0.3, -0.25) is 14.9 Å². The first-order chi connectivity index (χ1) is 19.7. The van der Waals surface area contributed by atoms with Crippen LogP contribution in [0.15, 0.2) is 48.5 Å². The summed E-state index contributed by atoms with van der Waals surface area (Å²) in [5, 5.41) is 16.4. The minimum Gasteiger partial charge on any atom is -0.462 e. The molecule has 1 N–H and O–H groups in total. The van der Waals surface area contributed by atoms with Crippen LogP contribution in [0.3, 0.4) is 0 Å². The molecule has 212 valence electrons. The molecule has 4 aromatic rings. The van der Waals surface area contributed by atoms with Crippen molar-refractivity contribution in [1.82, 2.24) is 9.80 Å². The average molecular weight is 629 g/mol. The number of hydrogen-bond acceptors (Lipinski definition) is 8. The van der Waals surface area contributed by atoms with Gasteiger partial charge in [-0.1, -0.05) is 41.9 Å². The van der Waals surface area contributed by atoms with E-state index in [9.17, 15) is 19.7 Å². The van der Waals surface area contributed by atoms with Gasteiger partial charge in [0.1, 0.15) is 15.4 Å². The zero-order chi connectivity index (χ0) is 29.3. The summed E-state index contributed by atoms with van der Waals surface area (Å²) in [5.74, 6) is -0.634. The van der Waals surface area contributed by atoms with Crippen LogP contribution in [0.1, 0.15) is 31.8 Å². The number of ether oxygens (including phenoxy) is 1. The highest BCUT2D eigenvalue weighted by molar-refractivity contribution is 7.80. The van der Waals surface area contributed by atoms with Crippen LogP contribution in [0.5, 0.6) is 0 Å². The van der Waals surface area contributed by atoms with Gasteiger partial charge in [-0.25, -0.2) is 4.79 Å². The molecule has 0 radical (unpaired) electrons. The quantitative estimate of drug-likeness (QED) is 0.107. The molecule has 1 aliphatic rings. The van der Waals surface area contributed by atoms with E-state index >= 15 is 0 Å². The Labute approximate surface area is 254 Å². The first-order valence-corrected chi connectivity index (χ1v) is 15.2. The highest BCUT2D eigenvalue weighted by Gasteiger charge is 2.29. The summed E-state index contributed by atoms with van der Waals surface area (Å²) in [6.07, 6.45) is 0. The summed E-state index contributed by atoms with van der Waals surface area (Å²) in [5.41, 5.74) is 2.15. The highest BCUT2D eigenvalue weighted by Crippen LogP contribution is 2.41. The largest absolute Gasteiger partial charge is 0.462 e. The predicted octanol–water partition coefficient (Wildman–Crippen LogP) is 6.83. The third-order valence-electron chi connectivity index (χ3n) is 6.72. The number of anilines is 1. The van der Waals surface area contributed by atoms with Gasteiger partial charge in [0.15, 0.2) is 5.11 Å². The van der Waals surface area contributed by atoms with E-state index in [2.05, 4.69) is 5.32 Å². The molecule has 41 heavy (non-hydrogen) atoms. The van der Waals surface area contributed by atoms with Gasteiger partial charge in [0.2, 0.25) is 0 Å². The van der Waals surface area contributed by atoms with Crippen molar-refractivity contribution in [3.8, 4) is 11.1 Å². The average Bonchev–Trinajstić information content (AvgIpc) is 3.48. The normalized spacial score (nSPS) is 13.3. The molecule has 13 heteroatoms. The number of aryl methyl sites for hydroxylation is 1. The molecule has 2 aromatic heterocycles. The van der Waals surface area contributed by atoms with Gasteiger partial charge in [-0.15, -0.1) is 22.7 Å². The molecular formula is C28H25ClN4O5S3. The number of amides is 1. The third-order valence-corrected chi connectivity index (χ3v) is 9.75. The Hall–Kier alpha value is -3.58. The fraction of sp³-hybridized carbons (Fsp3) is 0.250. The molecule has 1 saturated heterocycles. The number of fused-ring (bicyclic) bond motifs is 1. The number of thiocarbonyl (C=S) groups is 1. The van der Waals surface area contributed by atoms with E-state index in [1.807, 2.05) is 42.2 Å². The molecule has 0 atom stereocenters. The molecule has 0 spiro atoms. The van der Waals surface area contributed by atoms with E-state index in [4.69, 9.17) is 28.6 Å². The zero-order valence-electron chi connectivity index (χ0n) is 22.1. The molecule has 0 aliphatic carbocycles. The lowest BCUT2D eigenvalue weighted by atomic mass is 10.0. The molecule has 1 amide bonds. The number of thiophene rings is 2. The van der Waals surface area contributed by atoms with Gasteiger partial charge in [-0.05, 0) is 37.7 Å². The number of rotatable bonds is 6. The second-order valence-electron chi connectivity index (χ2n) is 9.22. The van der Waals surface area contributed by atoms with E-state index in [1.165, 1.54) is 23.5 Å². The molecule has 1 fully saturated rings. The maximum absolute atomic E-state index is 13.3. The summed E-state index contributed by atoms with van der Waals surface area (Å²) in [6.45, 7) is 5.78. The minimum absolute atomic E-state index is 0.0491. The number of esters is 1. The van der Waals surface area contributed by atoms with Crippen LogP contribution < -0.4 is 5.32 Å². The number of hydrogen-bond donors (Lipinski definition) is 1. The number of carbonyl (C=O) groups excluding carboxylic acids is 2. The van der Waals surface area contributed by atoms with Crippen LogP contribution in [0.25, 0.3) is 21.2 Å². The summed E-state index contributed by atoms with van der Waals surface area (Å²) >= 11 is 14.8. The van der Waals surface area contributed by atoms with Crippen LogP contribution >= 0.6 is 46.5 Å². The standard InChI is InChI=1S/C28H25ClN4O5S3/c1-3-38-27(35)22-21(17-7-5-4-6-8-17)16(2)40-25(22)30-28(39)32-13-11-31(12-14-32)26(34)24-23(29)19-10-9-18(33(36)37)15-20(19)41-24/h4-10,15H,3,11-14H2,1-2H3,(H,30,39). The van der Waals surface area contributed by atoms with Crippen molar-refractivity contribution >= 4 is 84.3 Å². The zero-order valence-corrected chi connectivity index (χ0v) is 25.3. The smallest absolute Gasteiger partial charge is 0.341 e. The van der Waals surface area contributed by atoms with Gasteiger partial charge in [-0.2, -0.15) is 0 Å². The summed E-state index contributed by atoms with van der Waals surface area (Å²) in [6, 6.07) is 14.1. The molecule has 1 aliphatic heterocycles. The van der Waals surface area contributed by atoms with E-state index in [0.717, 1.165) is 27.3 Å². The SMILES string of the molecule is CCOC(=O)c1c(NC(=S)N2CCN(C(=O)c3sc4cc([N+](=O)[O-])ccc4c3Cl)CC2)sc(C)c1-c1ccccc1. The summed E-state index contributed by atoms with van der Waals surface area (Å²) < 4.78 is 5.98. The van der Waals surface area contributed by atoms with Gasteiger partial charge < -0.3 is 19.9 Å². The number of nitrogens with one attached hydrogen (secondary N) is 1. The Kier molecular flexibility index (Phi) is 8.55. The minimum atomic E-state index is -0.472. The molecule has 3 heterocycles. The van der Waals surface area contributed by atoms with Crippen molar-refractivity contribution in [2.45, 2.75) is 13.8 Å². The monoisotopic (exact) mass is 628 g/mol. The Bertz CT molecular complexity index is 1660. The fourth-order valence-electron chi connectivity index (χ4n) is 4.72. The lowest BCUT2D eigenvalue weighted by Crippen LogP contribution is -2.51. The number of benzene rings is 2. The Balaban J connectivity index is 1.30. The topological polar surface area (TPSA) is 105 Å². The molecule has 5 rings (SSSR count). The number of non-ortho nitro benzene ring substituents is 1. The Morgan fingerprint density at radius 1 is 1.10 bits per heavy atom. The van der Waals surface area contributed by atoms with Crippen molar-refractivity contribution in [3.05, 3.63) is 79.0 Å². The molecule has 0 bridgehead atoms. The van der Waals surface area contributed by atoms with Crippen LogP contribution in [-0.4, -0.2) is 64.5 Å². The third kappa shape index (κ3) is 5.78. The van der Waals surface area contributed by atoms with Gasteiger partial charge >= 0.3 is 5.97 Å². The van der Waals surface area contributed by atoms with Gasteiger partial charge in [0.05, 0.1) is 16.6 Å². The summed E-state index contributed by atoms with van der Waals surface area (Å²) in [4.78, 5) is 42.0. The molecule has 2 aromatic carbocycles. The lowest BCUT2D eigenvalue weighted by Gasteiger charge is -2.36. The molecule has 0 saturated carbocycles. The van der Waals surface area contributed by atoms with Crippen LogP contribution in [0.4, 0.5) is 10.7 Å². The van der Waals surface area contributed by atoms with Crippen molar-refractivity contribution < 1.29 is 19.2 Å². The van der Waals surface area contributed by atoms with Crippen molar-refractivity contribution in [2.24, 2.45) is 0 Å². The number of nitro groups is 1. The first kappa shape index (κ1) is 28.9. The molecule has 0 unspecified atom stereocenters. The van der Waals surface area contributed by atoms with Gasteiger partial charge in [0.25, 0.3) is 11.6 Å². The van der Waals surface area contributed by atoms with Crippen LogP contribution in [0, 0.1) is 17.0 Å². The fourth-order valence-corrected chi connectivity index (χ4v) is 7.65. The number of halogens is 1. The summed E-state index contributed by atoms with van der Waals surface area (Å²) in [7, 11) is 0. The van der Waals surface area contributed by atoms with Crippen molar-refractivity contribution in [1.29, 1.82) is 0 Å². The Morgan fingerprint density at radius 3 is 2.44 bits per heavy atom. The van der Waals surface area contributed by atoms with Gasteiger partial charge in [0, 0.05) is 58.8 Å². The number of piperazine rings is 1. The second-order valence-corrected chi connectivity index (χ2v) is 12.3. The van der Waals surface area contributed by atoms with Crippen molar-refractivity contribution in [3.63, 3.8) is 0 Å². The van der Waals surface area contributed by atoms with E-state index < -0.39 is 10.9 Å². The first-order valence-electron chi connectivity index (χ1n) is 12.8. The van der Waals surface area contributed by atoms with Crippen LogP contribution in [-0.2, 0) is 4.74 Å². The van der Waals surface area contributed by atoms with Crippen LogP contribution in [0.2, 0.25) is 5.02 Å². The number of nitrogens with zero attached hydrogens (tertiary/aromatic N) is 3. The van der Waals surface area contributed by atoms with Crippen molar-refractivity contribution in [2.75, 3.05) is 38.1 Å². The second kappa shape index (κ2) is 12.1. The maximum atomic E-state index is 13.3. The number of nitro benzene ring substituents is 1. The predicted molar refractivity (Wildman–Crippen MR) is 168 cm³/mol. The number of carbonyl (C=O) groups is 2. The molecule has 9 nitrogen and oxygen atoms in total. The van der Waals surface area contributed by atoms with E-state index in [0.29, 0.717) is 61.8 Å².